The number of carbonyl (C=O) groups excluding carboxylic acids is 1. The first kappa shape index (κ1) is 15.0. The summed E-state index contributed by atoms with van der Waals surface area (Å²) in [6.45, 7) is 9.32. The normalized spacial score (nSPS) is 13.5. The Balaban J connectivity index is 2.73. The monoisotopic (exact) mass is 273 g/mol. The van der Waals surface area contributed by atoms with Crippen LogP contribution in [0.15, 0.2) is 0 Å². The smallest absolute Gasteiger partial charge is 0.325 e. The van der Waals surface area contributed by atoms with Gasteiger partial charge in [0.15, 0.2) is 0 Å². The largest absolute Gasteiger partial charge is 0.459 e. The van der Waals surface area contributed by atoms with E-state index in [0.717, 1.165) is 11.4 Å². The minimum Gasteiger partial charge on any atom is -0.459 e. The lowest BCUT2D eigenvalue weighted by Crippen LogP contribution is -2.40. The van der Waals surface area contributed by atoms with Crippen LogP contribution in [0.4, 0.5) is 0 Å². The lowest BCUT2D eigenvalue weighted by atomic mass is 10.2. The Labute approximate surface area is 112 Å². The Morgan fingerprint density at radius 1 is 1.50 bits per heavy atom. The predicted octanol–water partition coefficient (Wildman–Crippen LogP) is 1.82. The van der Waals surface area contributed by atoms with Gasteiger partial charge >= 0.3 is 5.97 Å². The number of nitrogens with two attached hydrogens (primary N) is 1. The van der Waals surface area contributed by atoms with Gasteiger partial charge in [0.1, 0.15) is 11.6 Å². The highest BCUT2D eigenvalue weighted by Crippen LogP contribution is 2.19. The number of esters is 1. The zero-order valence-electron chi connectivity index (χ0n) is 11.5. The Kier molecular flexibility index (Phi) is 4.40. The maximum atomic E-state index is 11.7. The molecule has 18 heavy (non-hydrogen) atoms. The third-order valence-corrected chi connectivity index (χ3v) is 2.92. The predicted molar refractivity (Wildman–Crippen MR) is 70.5 cm³/mol. The van der Waals surface area contributed by atoms with Gasteiger partial charge in [-0.2, -0.15) is 5.10 Å². The maximum absolute atomic E-state index is 11.7. The minimum atomic E-state index is -0.752. The molecule has 0 saturated carbocycles. The molecule has 0 aliphatic rings. The highest BCUT2D eigenvalue weighted by Gasteiger charge is 2.23. The number of aromatic nitrogens is 2. The number of aryl methyl sites for hydroxylation is 1. The molecule has 0 aromatic carbocycles. The van der Waals surface area contributed by atoms with E-state index in [-0.39, 0.29) is 6.54 Å². The molecule has 2 N–H and O–H groups in total. The third kappa shape index (κ3) is 3.71. The standard InChI is InChI=1S/C12H20ClN3O2/c1-7-10(13)8(2)16(15-7)6-9(14)11(17)18-12(3,4)5/h9H,6,14H2,1-5H3. The number of rotatable bonds is 3. The zero-order valence-corrected chi connectivity index (χ0v) is 12.2. The molecule has 0 aliphatic heterocycles. The quantitative estimate of drug-likeness (QED) is 0.853. The van der Waals surface area contributed by atoms with E-state index in [4.69, 9.17) is 22.1 Å². The highest BCUT2D eigenvalue weighted by molar-refractivity contribution is 6.31. The minimum absolute atomic E-state index is 0.258. The Hall–Kier alpha value is -1.07. The summed E-state index contributed by atoms with van der Waals surface area (Å²) in [5, 5.41) is 4.83. The lowest BCUT2D eigenvalue weighted by Gasteiger charge is -2.22. The van der Waals surface area contributed by atoms with Gasteiger partial charge in [0.05, 0.1) is 23.0 Å². The van der Waals surface area contributed by atoms with Crippen LogP contribution in [-0.4, -0.2) is 27.4 Å². The van der Waals surface area contributed by atoms with Gasteiger partial charge in [-0.15, -0.1) is 0 Å². The van der Waals surface area contributed by atoms with Crippen LogP contribution in [0.25, 0.3) is 0 Å². The Bertz CT molecular complexity index is 449. The number of nitrogens with zero attached hydrogens (tertiary/aromatic N) is 2. The molecule has 0 amide bonds. The van der Waals surface area contributed by atoms with E-state index in [1.54, 1.807) is 25.5 Å². The van der Waals surface area contributed by atoms with E-state index in [1.165, 1.54) is 0 Å². The number of hydrogen-bond donors (Lipinski definition) is 1. The second-order valence-corrected chi connectivity index (χ2v) is 5.68. The van der Waals surface area contributed by atoms with Crippen LogP contribution in [-0.2, 0) is 16.1 Å². The summed E-state index contributed by atoms with van der Waals surface area (Å²) in [4.78, 5) is 11.7. The van der Waals surface area contributed by atoms with Crippen molar-refractivity contribution in [1.29, 1.82) is 0 Å². The summed E-state index contributed by atoms with van der Waals surface area (Å²) in [5.74, 6) is -0.439. The van der Waals surface area contributed by atoms with E-state index < -0.39 is 17.6 Å². The van der Waals surface area contributed by atoms with Gasteiger partial charge in [0.2, 0.25) is 0 Å². The van der Waals surface area contributed by atoms with Crippen LogP contribution in [0.5, 0.6) is 0 Å². The van der Waals surface area contributed by atoms with Crippen molar-refractivity contribution in [2.75, 3.05) is 0 Å². The molecule has 0 radical (unpaired) electrons. The van der Waals surface area contributed by atoms with Crippen LogP contribution in [0.1, 0.15) is 32.2 Å². The van der Waals surface area contributed by atoms with E-state index in [9.17, 15) is 4.79 Å². The van der Waals surface area contributed by atoms with Crippen molar-refractivity contribution in [2.45, 2.75) is 52.8 Å². The van der Waals surface area contributed by atoms with Crippen molar-refractivity contribution in [3.8, 4) is 0 Å². The fourth-order valence-electron chi connectivity index (χ4n) is 1.49. The molecule has 0 fully saturated rings. The fraction of sp³-hybridized carbons (Fsp3) is 0.667. The van der Waals surface area contributed by atoms with Crippen molar-refractivity contribution in [2.24, 2.45) is 5.73 Å². The molecule has 1 unspecified atom stereocenters. The molecule has 1 aromatic rings. The van der Waals surface area contributed by atoms with Crippen molar-refractivity contribution in [1.82, 2.24) is 9.78 Å². The summed E-state index contributed by atoms with van der Waals surface area (Å²) in [5.41, 5.74) is 6.79. The van der Waals surface area contributed by atoms with E-state index in [0.29, 0.717) is 5.02 Å². The Morgan fingerprint density at radius 3 is 2.44 bits per heavy atom. The van der Waals surface area contributed by atoms with Crippen LogP contribution >= 0.6 is 11.6 Å². The molecule has 1 heterocycles. The van der Waals surface area contributed by atoms with Crippen molar-refractivity contribution in [3.63, 3.8) is 0 Å². The molecular weight excluding hydrogens is 254 g/mol. The molecule has 0 bridgehead atoms. The van der Waals surface area contributed by atoms with Crippen molar-refractivity contribution in [3.05, 3.63) is 16.4 Å². The molecule has 6 heteroatoms. The number of ether oxygens (including phenoxy) is 1. The van der Waals surface area contributed by atoms with Gasteiger partial charge in [-0.1, -0.05) is 11.6 Å². The van der Waals surface area contributed by atoms with E-state index in [2.05, 4.69) is 5.10 Å². The number of hydrogen-bond acceptors (Lipinski definition) is 4. The number of carbonyl (C=O) groups is 1. The summed E-state index contributed by atoms with van der Waals surface area (Å²) in [7, 11) is 0. The third-order valence-electron chi connectivity index (χ3n) is 2.37. The molecule has 1 atom stereocenters. The van der Waals surface area contributed by atoms with Crippen molar-refractivity contribution >= 4 is 17.6 Å². The van der Waals surface area contributed by atoms with Gasteiger partial charge in [0.25, 0.3) is 0 Å². The summed E-state index contributed by atoms with van der Waals surface area (Å²) in [6.07, 6.45) is 0. The molecule has 1 aromatic heterocycles. The van der Waals surface area contributed by atoms with Gasteiger partial charge < -0.3 is 10.5 Å². The van der Waals surface area contributed by atoms with Crippen LogP contribution in [0.3, 0.4) is 0 Å². The van der Waals surface area contributed by atoms with Gasteiger partial charge in [-0.3, -0.25) is 9.48 Å². The van der Waals surface area contributed by atoms with Crippen LogP contribution < -0.4 is 5.73 Å². The fourth-order valence-corrected chi connectivity index (χ4v) is 1.63. The van der Waals surface area contributed by atoms with Crippen molar-refractivity contribution < 1.29 is 9.53 Å². The van der Waals surface area contributed by atoms with Crippen LogP contribution in [0, 0.1) is 13.8 Å². The van der Waals surface area contributed by atoms with E-state index in [1.807, 2.05) is 13.8 Å². The highest BCUT2D eigenvalue weighted by atomic mass is 35.5. The van der Waals surface area contributed by atoms with Crippen LogP contribution in [0.2, 0.25) is 5.02 Å². The topological polar surface area (TPSA) is 70.1 Å². The van der Waals surface area contributed by atoms with Gasteiger partial charge in [-0.25, -0.2) is 0 Å². The second-order valence-electron chi connectivity index (χ2n) is 5.31. The number of halogens is 1. The molecule has 1 rings (SSSR count). The zero-order chi connectivity index (χ0) is 14.1. The summed E-state index contributed by atoms with van der Waals surface area (Å²) < 4.78 is 6.84. The molecule has 0 aliphatic carbocycles. The first-order valence-corrected chi connectivity index (χ1v) is 6.17. The molecule has 0 saturated heterocycles. The van der Waals surface area contributed by atoms with E-state index >= 15 is 0 Å². The van der Waals surface area contributed by atoms with Gasteiger partial charge in [-0.05, 0) is 34.6 Å². The first-order chi connectivity index (χ1) is 8.11. The average molecular weight is 274 g/mol. The molecule has 102 valence electrons. The summed E-state index contributed by atoms with van der Waals surface area (Å²) >= 11 is 6.03. The molecule has 0 spiro atoms. The maximum Gasteiger partial charge on any atom is 0.325 e. The second kappa shape index (κ2) is 5.28. The average Bonchev–Trinajstić information content (AvgIpc) is 2.44. The molecular formula is C12H20ClN3O2. The first-order valence-electron chi connectivity index (χ1n) is 5.80. The Morgan fingerprint density at radius 2 is 2.06 bits per heavy atom. The van der Waals surface area contributed by atoms with Gasteiger partial charge in [0, 0.05) is 0 Å². The lowest BCUT2D eigenvalue weighted by molar-refractivity contribution is -0.156. The molecule has 5 nitrogen and oxygen atoms in total. The SMILES string of the molecule is Cc1nn(CC(N)C(=O)OC(C)(C)C)c(C)c1Cl. The summed E-state index contributed by atoms with van der Waals surface area (Å²) in [6, 6.07) is -0.752.